The second-order valence-electron chi connectivity index (χ2n) is 4.86. The molecular weight excluding hydrogens is 318 g/mol. The van der Waals surface area contributed by atoms with Crippen molar-refractivity contribution in [3.8, 4) is 0 Å². The topological polar surface area (TPSA) is 29.1 Å². The molecule has 0 atom stereocenters. The minimum Gasteiger partial charge on any atom is -0.351 e. The Hall–Kier alpha value is -0.323. The number of rotatable bonds is 4. The molecule has 1 rings (SSSR count). The van der Waals surface area contributed by atoms with Crippen LogP contribution in [0.15, 0.2) is 18.2 Å². The summed E-state index contributed by atoms with van der Waals surface area (Å²) in [5.41, 5.74) is 0.647. The Morgan fingerprint density at radius 1 is 1.41 bits per heavy atom. The van der Waals surface area contributed by atoms with Gasteiger partial charge in [-0.15, -0.1) is 0 Å². The van der Waals surface area contributed by atoms with Gasteiger partial charge in [0.1, 0.15) is 0 Å². The van der Waals surface area contributed by atoms with Crippen molar-refractivity contribution < 1.29 is 4.79 Å². The van der Waals surface area contributed by atoms with Crippen molar-refractivity contribution in [3.05, 3.63) is 28.8 Å². The number of nitrogens with one attached hydrogen (secondary N) is 1. The molecule has 0 radical (unpaired) electrons. The van der Waals surface area contributed by atoms with Crippen LogP contribution < -0.4 is 10.5 Å². The lowest BCUT2D eigenvalue weighted by Crippen LogP contribution is -2.43. The third-order valence-electron chi connectivity index (χ3n) is 2.43. The lowest BCUT2D eigenvalue weighted by molar-refractivity contribution is 0.0957. The maximum absolute atomic E-state index is 12.1. The summed E-state index contributed by atoms with van der Waals surface area (Å²) in [4.78, 5) is 12.1. The van der Waals surface area contributed by atoms with Gasteiger partial charge < -0.3 is 5.32 Å². The zero-order valence-electron chi connectivity index (χ0n) is 10.3. The molecule has 17 heavy (non-hydrogen) atoms. The predicted octanol–water partition coefficient (Wildman–Crippen LogP) is 3.01. The summed E-state index contributed by atoms with van der Waals surface area (Å²) in [6.07, 6.45) is 0. The second-order valence-corrected chi connectivity index (χ2v) is 11.1. The van der Waals surface area contributed by atoms with E-state index >= 15 is 0 Å². The highest BCUT2D eigenvalue weighted by atomic mass is 79.9. The van der Waals surface area contributed by atoms with Crippen LogP contribution in [0.3, 0.4) is 0 Å². The molecule has 0 aliphatic heterocycles. The number of amides is 1. The highest BCUT2D eigenvalue weighted by Crippen LogP contribution is 2.17. The molecule has 5 heteroatoms. The van der Waals surface area contributed by atoms with Gasteiger partial charge in [0, 0.05) is 11.9 Å². The summed E-state index contributed by atoms with van der Waals surface area (Å²) < 4.78 is 0. The Kier molecular flexibility index (Phi) is 5.22. The molecule has 0 aromatic heterocycles. The fraction of sp³-hybridized carbons (Fsp3) is 0.417. The van der Waals surface area contributed by atoms with Crippen molar-refractivity contribution in [1.82, 2.24) is 5.32 Å². The molecule has 0 aliphatic carbocycles. The van der Waals surface area contributed by atoms with Crippen molar-refractivity contribution in [2.45, 2.75) is 19.6 Å². The Morgan fingerprint density at radius 2 is 2.06 bits per heavy atom. The van der Waals surface area contributed by atoms with Gasteiger partial charge in [-0.1, -0.05) is 59.3 Å². The maximum atomic E-state index is 12.1. The first kappa shape index (κ1) is 14.7. The van der Waals surface area contributed by atoms with Gasteiger partial charge in [-0.25, -0.2) is 0 Å². The van der Waals surface area contributed by atoms with Crippen LogP contribution in [0.4, 0.5) is 0 Å². The average molecular weight is 335 g/mol. The van der Waals surface area contributed by atoms with Crippen molar-refractivity contribution in [2.75, 3.05) is 11.9 Å². The van der Waals surface area contributed by atoms with E-state index in [0.29, 0.717) is 17.1 Å². The number of hydrogen-bond acceptors (Lipinski definition) is 1. The molecule has 0 spiro atoms. The Bertz CT molecular complexity index is 417. The number of carbonyl (C=O) groups is 1. The molecular formula is C12H17BrClNOSi. The van der Waals surface area contributed by atoms with Crippen molar-refractivity contribution in [2.24, 2.45) is 0 Å². The minimum atomic E-state index is -1.57. The van der Waals surface area contributed by atoms with Crippen LogP contribution in [0.5, 0.6) is 0 Å². The SMILES string of the molecule is C[Si](C)(C)c1cccc(Cl)c1C(=O)NCCBr. The van der Waals surface area contributed by atoms with E-state index < -0.39 is 8.07 Å². The van der Waals surface area contributed by atoms with E-state index in [0.717, 1.165) is 10.5 Å². The lowest BCUT2D eigenvalue weighted by atomic mass is 10.2. The van der Waals surface area contributed by atoms with Crippen LogP contribution in [0.1, 0.15) is 10.4 Å². The Labute approximate surface area is 117 Å². The van der Waals surface area contributed by atoms with E-state index in [-0.39, 0.29) is 5.91 Å². The van der Waals surface area contributed by atoms with E-state index in [1.165, 1.54) is 0 Å². The van der Waals surface area contributed by atoms with E-state index in [2.05, 4.69) is 40.9 Å². The normalized spacial score (nSPS) is 11.4. The molecule has 94 valence electrons. The van der Waals surface area contributed by atoms with E-state index in [4.69, 9.17) is 11.6 Å². The van der Waals surface area contributed by atoms with E-state index in [1.807, 2.05) is 12.1 Å². The van der Waals surface area contributed by atoms with Crippen LogP contribution >= 0.6 is 27.5 Å². The van der Waals surface area contributed by atoms with Crippen LogP contribution in [0, 0.1) is 0 Å². The maximum Gasteiger partial charge on any atom is 0.252 e. The first-order valence-electron chi connectivity index (χ1n) is 5.51. The third-order valence-corrected chi connectivity index (χ3v) is 5.17. The summed E-state index contributed by atoms with van der Waals surface area (Å²) >= 11 is 9.45. The van der Waals surface area contributed by atoms with Gasteiger partial charge in [0.2, 0.25) is 0 Å². The summed E-state index contributed by atoms with van der Waals surface area (Å²) in [5, 5.41) is 5.24. The molecule has 0 unspecified atom stereocenters. The Balaban J connectivity index is 3.17. The summed E-state index contributed by atoms with van der Waals surface area (Å²) in [5.74, 6) is -0.0764. The van der Waals surface area contributed by atoms with Crippen molar-refractivity contribution >= 4 is 46.7 Å². The number of alkyl halides is 1. The summed E-state index contributed by atoms with van der Waals surface area (Å²) in [7, 11) is -1.57. The number of benzene rings is 1. The molecule has 0 heterocycles. The van der Waals surface area contributed by atoms with Gasteiger partial charge >= 0.3 is 0 Å². The first-order chi connectivity index (χ1) is 7.88. The van der Waals surface area contributed by atoms with Gasteiger partial charge in [0.25, 0.3) is 5.91 Å². The zero-order valence-corrected chi connectivity index (χ0v) is 13.7. The van der Waals surface area contributed by atoms with Crippen LogP contribution in [0.2, 0.25) is 24.7 Å². The molecule has 1 aromatic carbocycles. The Morgan fingerprint density at radius 3 is 2.59 bits per heavy atom. The monoisotopic (exact) mass is 333 g/mol. The number of carbonyl (C=O) groups excluding carboxylic acids is 1. The van der Waals surface area contributed by atoms with Crippen molar-refractivity contribution in [3.63, 3.8) is 0 Å². The van der Waals surface area contributed by atoms with E-state index in [9.17, 15) is 4.79 Å². The van der Waals surface area contributed by atoms with Gasteiger partial charge in [-0.05, 0) is 11.3 Å². The largest absolute Gasteiger partial charge is 0.351 e. The molecule has 0 aliphatic rings. The standard InChI is InChI=1S/C12H17BrClNOSi/c1-17(2,3)10-6-4-5-9(14)11(10)12(16)15-8-7-13/h4-6H,7-8H2,1-3H3,(H,15,16). The highest BCUT2D eigenvalue weighted by Gasteiger charge is 2.25. The molecule has 1 aromatic rings. The van der Waals surface area contributed by atoms with Crippen LogP contribution in [-0.2, 0) is 0 Å². The quantitative estimate of drug-likeness (QED) is 0.665. The van der Waals surface area contributed by atoms with Crippen LogP contribution in [-0.4, -0.2) is 25.9 Å². The average Bonchev–Trinajstić information content (AvgIpc) is 2.24. The summed E-state index contributed by atoms with van der Waals surface area (Å²) in [6, 6.07) is 5.70. The number of hydrogen-bond donors (Lipinski definition) is 1. The van der Waals surface area contributed by atoms with Gasteiger partial charge in [0.15, 0.2) is 0 Å². The molecule has 1 amide bonds. The lowest BCUT2D eigenvalue weighted by Gasteiger charge is -2.21. The molecule has 0 fully saturated rings. The van der Waals surface area contributed by atoms with Crippen LogP contribution in [0.25, 0.3) is 0 Å². The fourth-order valence-electron chi connectivity index (χ4n) is 1.63. The minimum absolute atomic E-state index is 0.0764. The second kappa shape index (κ2) is 6.02. The molecule has 0 bridgehead atoms. The highest BCUT2D eigenvalue weighted by molar-refractivity contribution is 9.09. The third kappa shape index (κ3) is 3.83. The van der Waals surface area contributed by atoms with Gasteiger partial charge in [-0.3, -0.25) is 4.79 Å². The predicted molar refractivity (Wildman–Crippen MR) is 80.6 cm³/mol. The fourth-order valence-corrected chi connectivity index (χ4v) is 3.76. The van der Waals surface area contributed by atoms with Crippen molar-refractivity contribution in [1.29, 1.82) is 0 Å². The first-order valence-corrected chi connectivity index (χ1v) is 10.5. The molecule has 0 saturated heterocycles. The van der Waals surface area contributed by atoms with Gasteiger partial charge in [0.05, 0.1) is 18.7 Å². The number of halogens is 2. The molecule has 0 saturated carbocycles. The molecule has 2 nitrogen and oxygen atoms in total. The van der Waals surface area contributed by atoms with E-state index in [1.54, 1.807) is 6.07 Å². The summed E-state index contributed by atoms with van der Waals surface area (Å²) in [6.45, 7) is 7.23. The zero-order chi connectivity index (χ0) is 13.1. The smallest absolute Gasteiger partial charge is 0.252 e. The van der Waals surface area contributed by atoms with Gasteiger partial charge in [-0.2, -0.15) is 0 Å². The molecule has 1 N–H and O–H groups in total.